The van der Waals surface area contributed by atoms with Gasteiger partial charge in [-0.05, 0) is 48.6 Å². The Balaban J connectivity index is 1.43. The van der Waals surface area contributed by atoms with Gasteiger partial charge in [0.15, 0.2) is 0 Å². The lowest BCUT2D eigenvalue weighted by Gasteiger charge is -2.28. The van der Waals surface area contributed by atoms with E-state index < -0.39 is 0 Å². The number of hydrogen-bond donors (Lipinski definition) is 3. The predicted octanol–water partition coefficient (Wildman–Crippen LogP) is 2.85. The third kappa shape index (κ3) is 4.37. The number of amides is 1. The molecule has 2 saturated heterocycles. The second-order valence-electron chi connectivity index (χ2n) is 7.91. The molecule has 2 aliphatic heterocycles. The molecule has 132 valence electrons. The first-order valence-corrected chi connectivity index (χ1v) is 9.39. The molecule has 3 atom stereocenters. The minimum atomic E-state index is -0.139. The smallest absolute Gasteiger partial charge is 0.220 e. The van der Waals surface area contributed by atoms with Crippen LogP contribution in [0.2, 0.25) is 0 Å². The van der Waals surface area contributed by atoms with Crippen molar-refractivity contribution in [2.24, 2.45) is 11.7 Å². The van der Waals surface area contributed by atoms with Gasteiger partial charge in [-0.3, -0.25) is 4.79 Å². The van der Waals surface area contributed by atoms with Gasteiger partial charge in [0, 0.05) is 31.1 Å². The summed E-state index contributed by atoms with van der Waals surface area (Å²) < 4.78 is 0. The first-order chi connectivity index (χ1) is 11.5. The van der Waals surface area contributed by atoms with Gasteiger partial charge in [0.25, 0.3) is 0 Å². The second-order valence-corrected chi connectivity index (χ2v) is 7.91. The van der Waals surface area contributed by atoms with E-state index in [0.29, 0.717) is 36.9 Å². The van der Waals surface area contributed by atoms with Crippen molar-refractivity contribution >= 4 is 5.91 Å². The molecule has 2 fully saturated rings. The molecule has 3 rings (SSSR count). The van der Waals surface area contributed by atoms with E-state index in [1.165, 1.54) is 18.4 Å². The van der Waals surface area contributed by atoms with Crippen molar-refractivity contribution in [2.45, 2.75) is 70.0 Å². The van der Waals surface area contributed by atoms with Gasteiger partial charge in [-0.2, -0.15) is 0 Å². The maximum Gasteiger partial charge on any atom is 0.220 e. The van der Waals surface area contributed by atoms with Gasteiger partial charge in [-0.1, -0.05) is 38.1 Å². The third-order valence-corrected chi connectivity index (χ3v) is 5.60. The molecular weight excluding hydrogens is 298 g/mol. The van der Waals surface area contributed by atoms with Crippen LogP contribution in [-0.4, -0.2) is 24.5 Å². The summed E-state index contributed by atoms with van der Waals surface area (Å²) in [5.74, 6) is 1.20. The molecular formula is C20H31N3O. The summed E-state index contributed by atoms with van der Waals surface area (Å²) in [5, 5.41) is 6.66. The van der Waals surface area contributed by atoms with Crippen LogP contribution in [0.25, 0.3) is 0 Å². The maximum absolute atomic E-state index is 12.2. The zero-order valence-electron chi connectivity index (χ0n) is 14.9. The molecule has 0 spiro atoms. The molecule has 0 saturated carbocycles. The number of fused-ring (bicyclic) bond motifs is 2. The van der Waals surface area contributed by atoms with Crippen LogP contribution in [0.15, 0.2) is 24.3 Å². The van der Waals surface area contributed by atoms with Gasteiger partial charge in [-0.25, -0.2) is 0 Å². The molecule has 0 radical (unpaired) electrons. The Morgan fingerprint density at radius 2 is 1.75 bits per heavy atom. The van der Waals surface area contributed by atoms with Crippen LogP contribution in [0.3, 0.4) is 0 Å². The SMILES string of the molecule is CC(C)c1ccc(C(N)CNC(=O)CC2CC3CCC(C2)N3)cc1. The van der Waals surface area contributed by atoms with Gasteiger partial charge in [0.1, 0.15) is 0 Å². The Labute approximate surface area is 145 Å². The average molecular weight is 329 g/mol. The van der Waals surface area contributed by atoms with E-state index in [1.54, 1.807) is 0 Å². The van der Waals surface area contributed by atoms with E-state index in [0.717, 1.165) is 18.4 Å². The first kappa shape index (κ1) is 17.4. The molecule has 1 aromatic rings. The quantitative estimate of drug-likeness (QED) is 0.752. The Hall–Kier alpha value is -1.39. The van der Waals surface area contributed by atoms with Crippen LogP contribution in [-0.2, 0) is 4.79 Å². The van der Waals surface area contributed by atoms with E-state index in [1.807, 2.05) is 0 Å². The van der Waals surface area contributed by atoms with Crippen LogP contribution >= 0.6 is 0 Å². The van der Waals surface area contributed by atoms with E-state index in [4.69, 9.17) is 5.73 Å². The normalized spacial score (nSPS) is 27.2. The average Bonchev–Trinajstić information content (AvgIpc) is 2.91. The molecule has 2 bridgehead atoms. The Morgan fingerprint density at radius 1 is 1.17 bits per heavy atom. The van der Waals surface area contributed by atoms with E-state index in [-0.39, 0.29) is 11.9 Å². The van der Waals surface area contributed by atoms with Crippen LogP contribution < -0.4 is 16.4 Å². The molecule has 2 aliphatic rings. The van der Waals surface area contributed by atoms with E-state index >= 15 is 0 Å². The molecule has 4 N–H and O–H groups in total. The minimum Gasteiger partial charge on any atom is -0.354 e. The number of nitrogens with two attached hydrogens (primary N) is 1. The highest BCUT2D eigenvalue weighted by Crippen LogP contribution is 2.32. The van der Waals surface area contributed by atoms with Gasteiger partial charge >= 0.3 is 0 Å². The maximum atomic E-state index is 12.2. The van der Waals surface area contributed by atoms with Gasteiger partial charge in [-0.15, -0.1) is 0 Å². The summed E-state index contributed by atoms with van der Waals surface area (Å²) in [6.45, 7) is 4.88. The molecule has 0 aromatic heterocycles. The largest absolute Gasteiger partial charge is 0.354 e. The Bertz CT molecular complexity index is 543. The zero-order chi connectivity index (χ0) is 17.1. The lowest BCUT2D eigenvalue weighted by Crippen LogP contribution is -2.40. The number of hydrogen-bond acceptors (Lipinski definition) is 3. The fourth-order valence-corrected chi connectivity index (χ4v) is 4.15. The lowest BCUT2D eigenvalue weighted by molar-refractivity contribution is -0.122. The Morgan fingerprint density at radius 3 is 2.33 bits per heavy atom. The molecule has 1 aromatic carbocycles. The van der Waals surface area contributed by atoms with Crippen molar-refractivity contribution in [3.63, 3.8) is 0 Å². The molecule has 2 heterocycles. The predicted molar refractivity (Wildman–Crippen MR) is 97.8 cm³/mol. The number of piperidine rings is 1. The highest BCUT2D eigenvalue weighted by atomic mass is 16.1. The van der Waals surface area contributed by atoms with E-state index in [9.17, 15) is 4.79 Å². The van der Waals surface area contributed by atoms with Crippen molar-refractivity contribution < 1.29 is 4.79 Å². The van der Waals surface area contributed by atoms with Crippen molar-refractivity contribution in [1.82, 2.24) is 10.6 Å². The van der Waals surface area contributed by atoms with Crippen LogP contribution in [0.4, 0.5) is 0 Å². The standard InChI is InChI=1S/C20H31N3O/c1-13(2)15-3-5-16(6-4-15)19(21)12-22-20(24)11-14-9-17-7-8-18(10-14)23-17/h3-6,13-14,17-19,23H,7-12,21H2,1-2H3,(H,22,24). The van der Waals surface area contributed by atoms with E-state index in [2.05, 4.69) is 48.7 Å². The highest BCUT2D eigenvalue weighted by molar-refractivity contribution is 5.76. The number of benzene rings is 1. The summed E-state index contributed by atoms with van der Waals surface area (Å²) >= 11 is 0. The molecule has 3 unspecified atom stereocenters. The number of carbonyl (C=O) groups is 1. The fraction of sp³-hybridized carbons (Fsp3) is 0.650. The number of nitrogens with one attached hydrogen (secondary N) is 2. The summed E-state index contributed by atoms with van der Waals surface area (Å²) in [6.07, 6.45) is 5.49. The zero-order valence-corrected chi connectivity index (χ0v) is 14.9. The second kappa shape index (κ2) is 7.66. The molecule has 4 nitrogen and oxygen atoms in total. The number of carbonyl (C=O) groups excluding carboxylic acids is 1. The van der Waals surface area contributed by atoms with Crippen molar-refractivity contribution in [1.29, 1.82) is 0 Å². The monoisotopic (exact) mass is 329 g/mol. The van der Waals surface area contributed by atoms with Crippen molar-refractivity contribution in [2.75, 3.05) is 6.54 Å². The summed E-state index contributed by atoms with van der Waals surface area (Å²) in [6, 6.07) is 9.57. The number of rotatable bonds is 6. The van der Waals surface area contributed by atoms with Gasteiger partial charge in [0.05, 0.1) is 0 Å². The van der Waals surface area contributed by atoms with Crippen molar-refractivity contribution in [3.8, 4) is 0 Å². The minimum absolute atomic E-state index is 0.139. The molecule has 4 heteroatoms. The molecule has 0 aliphatic carbocycles. The van der Waals surface area contributed by atoms with Crippen LogP contribution in [0.1, 0.15) is 69.0 Å². The van der Waals surface area contributed by atoms with Gasteiger partial charge in [0.2, 0.25) is 5.91 Å². The van der Waals surface area contributed by atoms with Crippen LogP contribution in [0.5, 0.6) is 0 Å². The topological polar surface area (TPSA) is 67.1 Å². The highest BCUT2D eigenvalue weighted by Gasteiger charge is 2.34. The summed E-state index contributed by atoms with van der Waals surface area (Å²) in [5.41, 5.74) is 8.63. The summed E-state index contributed by atoms with van der Waals surface area (Å²) in [4.78, 5) is 12.2. The molecule has 1 amide bonds. The van der Waals surface area contributed by atoms with Crippen LogP contribution in [0, 0.1) is 5.92 Å². The lowest BCUT2D eigenvalue weighted by atomic mass is 9.89. The fourth-order valence-electron chi connectivity index (χ4n) is 4.15. The third-order valence-electron chi connectivity index (χ3n) is 5.60. The van der Waals surface area contributed by atoms with Crippen molar-refractivity contribution in [3.05, 3.63) is 35.4 Å². The first-order valence-electron chi connectivity index (χ1n) is 9.39. The Kier molecular flexibility index (Phi) is 5.57. The molecule has 24 heavy (non-hydrogen) atoms. The van der Waals surface area contributed by atoms with Gasteiger partial charge < -0.3 is 16.4 Å². The summed E-state index contributed by atoms with van der Waals surface area (Å²) in [7, 11) is 0.